The van der Waals surface area contributed by atoms with Crippen LogP contribution in [0, 0.1) is 13.8 Å². The molecule has 0 saturated carbocycles. The van der Waals surface area contributed by atoms with Crippen molar-refractivity contribution in [2.24, 2.45) is 7.05 Å². The fourth-order valence-electron chi connectivity index (χ4n) is 3.87. The van der Waals surface area contributed by atoms with Crippen molar-refractivity contribution in [2.45, 2.75) is 38.8 Å². The molecule has 0 aliphatic carbocycles. The van der Waals surface area contributed by atoms with E-state index in [0.717, 1.165) is 49.6 Å². The number of piperidine rings is 1. The average molecular weight is 359 g/mol. The Hall–Kier alpha value is -2.19. The van der Waals surface area contributed by atoms with Crippen molar-refractivity contribution in [3.05, 3.63) is 29.4 Å². The van der Waals surface area contributed by atoms with Gasteiger partial charge in [-0.15, -0.1) is 0 Å². The summed E-state index contributed by atoms with van der Waals surface area (Å²) in [5.41, 5.74) is 2.72. The number of carbonyl (C=O) groups is 1. The number of aromatic nitrogens is 3. The number of nitrogens with zero attached hydrogens (tertiary/aromatic N) is 5. The van der Waals surface area contributed by atoms with Gasteiger partial charge in [-0.25, -0.2) is 0 Å². The van der Waals surface area contributed by atoms with E-state index in [2.05, 4.69) is 15.2 Å². The molecule has 0 N–H and O–H groups in total. The highest BCUT2D eigenvalue weighted by atomic mass is 16.5. The van der Waals surface area contributed by atoms with Crippen LogP contribution in [0.15, 0.2) is 16.9 Å². The first-order valence-electron chi connectivity index (χ1n) is 9.03. The van der Waals surface area contributed by atoms with Crippen molar-refractivity contribution in [1.29, 1.82) is 0 Å². The third-order valence-corrected chi connectivity index (χ3v) is 5.58. The van der Waals surface area contributed by atoms with Crippen molar-refractivity contribution >= 4 is 11.6 Å². The van der Waals surface area contributed by atoms with Crippen molar-refractivity contribution in [1.82, 2.24) is 19.8 Å². The molecule has 1 amide bonds. The summed E-state index contributed by atoms with van der Waals surface area (Å²) in [5, 5.41) is 8.23. The van der Waals surface area contributed by atoms with Crippen LogP contribution >= 0.6 is 0 Å². The fourth-order valence-corrected chi connectivity index (χ4v) is 3.87. The van der Waals surface area contributed by atoms with Crippen LogP contribution in [0.4, 0.5) is 5.69 Å². The third-order valence-electron chi connectivity index (χ3n) is 5.58. The zero-order valence-electron chi connectivity index (χ0n) is 15.6. The lowest BCUT2D eigenvalue weighted by Crippen LogP contribution is -2.58. The van der Waals surface area contributed by atoms with E-state index < -0.39 is 0 Å². The number of hydrogen-bond donors (Lipinski definition) is 0. The number of ether oxygens (including phenoxy) is 1. The van der Waals surface area contributed by atoms with E-state index in [1.807, 2.05) is 32.0 Å². The highest BCUT2D eigenvalue weighted by Crippen LogP contribution is 2.33. The molecule has 2 aliphatic rings. The summed E-state index contributed by atoms with van der Waals surface area (Å²) >= 11 is 0. The molecule has 140 valence electrons. The van der Waals surface area contributed by atoms with E-state index in [0.29, 0.717) is 6.54 Å². The van der Waals surface area contributed by atoms with Gasteiger partial charge in [-0.05, 0) is 26.7 Å². The van der Waals surface area contributed by atoms with Crippen LogP contribution in [0.5, 0.6) is 0 Å². The van der Waals surface area contributed by atoms with Crippen LogP contribution in [0.2, 0.25) is 0 Å². The SMILES string of the molecule is Cc1noc(C)c1CN1CCC2(CC1)CN(c1cnn(C)c1)C(=O)CO2. The largest absolute Gasteiger partial charge is 0.363 e. The van der Waals surface area contributed by atoms with Crippen molar-refractivity contribution < 1.29 is 14.1 Å². The number of aryl methyl sites for hydroxylation is 3. The maximum absolute atomic E-state index is 12.3. The van der Waals surface area contributed by atoms with Gasteiger partial charge in [0.2, 0.25) is 0 Å². The van der Waals surface area contributed by atoms with Gasteiger partial charge in [0.15, 0.2) is 0 Å². The first-order chi connectivity index (χ1) is 12.5. The van der Waals surface area contributed by atoms with Crippen LogP contribution in [-0.4, -0.2) is 57.6 Å². The number of anilines is 1. The Morgan fingerprint density at radius 1 is 1.27 bits per heavy atom. The molecule has 2 aromatic heterocycles. The van der Waals surface area contributed by atoms with E-state index >= 15 is 0 Å². The third kappa shape index (κ3) is 3.14. The molecule has 26 heavy (non-hydrogen) atoms. The van der Waals surface area contributed by atoms with Gasteiger partial charge in [0.25, 0.3) is 5.91 Å². The van der Waals surface area contributed by atoms with E-state index in [-0.39, 0.29) is 18.1 Å². The lowest BCUT2D eigenvalue weighted by Gasteiger charge is -2.46. The highest BCUT2D eigenvalue weighted by molar-refractivity contribution is 5.94. The van der Waals surface area contributed by atoms with Gasteiger partial charge in [0.1, 0.15) is 12.4 Å². The van der Waals surface area contributed by atoms with Crippen LogP contribution in [0.25, 0.3) is 0 Å². The van der Waals surface area contributed by atoms with Gasteiger partial charge in [-0.3, -0.25) is 14.4 Å². The molecule has 0 atom stereocenters. The smallest absolute Gasteiger partial charge is 0.253 e. The first kappa shape index (κ1) is 17.2. The summed E-state index contributed by atoms with van der Waals surface area (Å²) in [6, 6.07) is 0. The molecule has 2 saturated heterocycles. The molecule has 2 aromatic rings. The van der Waals surface area contributed by atoms with Crippen LogP contribution in [0.1, 0.15) is 29.9 Å². The minimum Gasteiger partial charge on any atom is -0.363 e. The lowest BCUT2D eigenvalue weighted by atomic mass is 9.89. The summed E-state index contributed by atoms with van der Waals surface area (Å²) < 4.78 is 13.0. The summed E-state index contributed by atoms with van der Waals surface area (Å²) in [7, 11) is 1.86. The second-order valence-electron chi connectivity index (χ2n) is 7.40. The first-order valence-corrected chi connectivity index (χ1v) is 9.03. The van der Waals surface area contributed by atoms with Gasteiger partial charge in [-0.2, -0.15) is 5.10 Å². The van der Waals surface area contributed by atoms with E-state index in [4.69, 9.17) is 9.26 Å². The summed E-state index contributed by atoms with van der Waals surface area (Å²) in [6.07, 6.45) is 5.42. The van der Waals surface area contributed by atoms with Gasteiger partial charge in [-0.1, -0.05) is 5.16 Å². The number of rotatable bonds is 3. The van der Waals surface area contributed by atoms with Crippen LogP contribution in [-0.2, 0) is 23.1 Å². The lowest BCUT2D eigenvalue weighted by molar-refractivity contribution is -0.145. The quantitative estimate of drug-likeness (QED) is 0.825. The Morgan fingerprint density at radius 2 is 2.04 bits per heavy atom. The molecular formula is C18H25N5O3. The fraction of sp³-hybridized carbons (Fsp3) is 0.611. The zero-order chi connectivity index (χ0) is 18.3. The number of carbonyl (C=O) groups excluding carboxylic acids is 1. The van der Waals surface area contributed by atoms with Crippen molar-refractivity contribution in [3.8, 4) is 0 Å². The van der Waals surface area contributed by atoms with Crippen LogP contribution < -0.4 is 4.90 Å². The molecule has 0 aromatic carbocycles. The molecule has 8 heteroatoms. The summed E-state index contributed by atoms with van der Waals surface area (Å²) in [5.74, 6) is 0.895. The highest BCUT2D eigenvalue weighted by Gasteiger charge is 2.43. The number of hydrogen-bond acceptors (Lipinski definition) is 6. The predicted octanol–water partition coefficient (Wildman–Crippen LogP) is 1.42. The normalized spacial score (nSPS) is 20.9. The average Bonchev–Trinajstić information content (AvgIpc) is 3.20. The molecule has 8 nitrogen and oxygen atoms in total. The van der Waals surface area contributed by atoms with E-state index in [1.54, 1.807) is 10.9 Å². The number of amides is 1. The number of morpholine rings is 1. The van der Waals surface area contributed by atoms with E-state index in [9.17, 15) is 4.79 Å². The molecule has 0 bridgehead atoms. The maximum Gasteiger partial charge on any atom is 0.253 e. The Kier molecular flexibility index (Phi) is 4.32. The Bertz CT molecular complexity index is 784. The number of likely N-dealkylation sites (tertiary alicyclic amines) is 1. The van der Waals surface area contributed by atoms with Gasteiger partial charge >= 0.3 is 0 Å². The minimum atomic E-state index is -0.265. The Balaban J connectivity index is 1.42. The summed E-state index contributed by atoms with van der Waals surface area (Å²) in [4.78, 5) is 16.5. The molecule has 1 spiro atoms. The maximum atomic E-state index is 12.3. The molecule has 2 aliphatic heterocycles. The molecule has 4 heterocycles. The van der Waals surface area contributed by atoms with E-state index in [1.165, 1.54) is 5.56 Å². The minimum absolute atomic E-state index is 0.00164. The second kappa shape index (κ2) is 6.51. The standard InChI is InChI=1S/C18H25N5O3/c1-13-16(14(2)26-20-13)10-22-6-4-18(5-7-22)12-23(17(24)11-25-18)15-8-19-21(3)9-15/h8-9H,4-7,10-12H2,1-3H3. The molecule has 0 radical (unpaired) electrons. The predicted molar refractivity (Wildman–Crippen MR) is 94.7 cm³/mol. The Labute approximate surface area is 152 Å². The molecule has 2 fully saturated rings. The van der Waals surface area contributed by atoms with Crippen molar-refractivity contribution in [2.75, 3.05) is 31.1 Å². The second-order valence-corrected chi connectivity index (χ2v) is 7.40. The molecule has 0 unspecified atom stereocenters. The van der Waals surface area contributed by atoms with Gasteiger partial charge < -0.3 is 14.2 Å². The topological polar surface area (TPSA) is 76.6 Å². The van der Waals surface area contributed by atoms with Crippen LogP contribution in [0.3, 0.4) is 0 Å². The van der Waals surface area contributed by atoms with Gasteiger partial charge in [0, 0.05) is 38.4 Å². The summed E-state index contributed by atoms with van der Waals surface area (Å²) in [6.45, 7) is 7.39. The molecular weight excluding hydrogens is 334 g/mol. The monoisotopic (exact) mass is 359 g/mol. The Morgan fingerprint density at radius 3 is 2.65 bits per heavy atom. The van der Waals surface area contributed by atoms with Gasteiger partial charge in [0.05, 0.1) is 29.7 Å². The zero-order valence-corrected chi connectivity index (χ0v) is 15.6. The van der Waals surface area contributed by atoms with Crippen molar-refractivity contribution in [3.63, 3.8) is 0 Å². The molecule has 4 rings (SSSR count).